The maximum Gasteiger partial charge on any atom is 0.474 e. The Kier molecular flexibility index (Phi) is 23.6. The summed E-state index contributed by atoms with van der Waals surface area (Å²) in [5.74, 6) is 0. The van der Waals surface area contributed by atoms with Crippen LogP contribution in [0.25, 0.3) is 0 Å². The molecular formula is C14H24Br8O8P2. The largest absolute Gasteiger partial charge is 0.474 e. The van der Waals surface area contributed by atoms with Gasteiger partial charge in [0.2, 0.25) is 0 Å². The van der Waals surface area contributed by atoms with Crippen molar-refractivity contribution in [3.05, 3.63) is 0 Å². The molecule has 0 bridgehead atoms. The van der Waals surface area contributed by atoms with Gasteiger partial charge in [0, 0.05) is 40.6 Å². The van der Waals surface area contributed by atoms with Crippen molar-refractivity contribution in [2.45, 2.75) is 19.3 Å². The van der Waals surface area contributed by atoms with Crippen LogP contribution in [0, 0.1) is 0 Å². The van der Waals surface area contributed by atoms with Crippen LogP contribution in [0.15, 0.2) is 0 Å². The molecule has 0 aliphatic heterocycles. The van der Waals surface area contributed by atoms with Crippen LogP contribution in [0.2, 0.25) is 0 Å². The van der Waals surface area contributed by atoms with E-state index in [0.717, 1.165) is 0 Å². The Morgan fingerprint density at radius 3 is 0.875 bits per heavy atom. The summed E-state index contributed by atoms with van der Waals surface area (Å²) in [7, 11) is -7.78. The molecule has 0 heterocycles. The van der Waals surface area contributed by atoms with Gasteiger partial charge in [0.1, 0.15) is 0 Å². The zero-order valence-electron chi connectivity index (χ0n) is 16.6. The highest BCUT2D eigenvalue weighted by Gasteiger charge is 2.32. The van der Waals surface area contributed by atoms with Crippen LogP contribution in [-0.4, -0.2) is 80.3 Å². The van der Waals surface area contributed by atoms with E-state index in [1.165, 1.54) is 0 Å². The lowest BCUT2D eigenvalue weighted by atomic mass is 10.5. The van der Waals surface area contributed by atoms with Gasteiger partial charge < -0.3 is 0 Å². The predicted molar refractivity (Wildman–Crippen MR) is 157 cm³/mol. The minimum Gasteiger partial charge on any atom is -0.286 e. The number of hydrogen-bond donors (Lipinski definition) is 0. The van der Waals surface area contributed by atoms with E-state index in [2.05, 4.69) is 127 Å². The molecule has 32 heavy (non-hydrogen) atoms. The molecule has 0 aromatic carbocycles. The Labute approximate surface area is 256 Å². The summed E-state index contributed by atoms with van der Waals surface area (Å²) in [6.45, 7) is -0.0747. The molecule has 0 amide bonds. The number of halogens is 8. The van der Waals surface area contributed by atoms with Gasteiger partial charge in [0.25, 0.3) is 0 Å². The van der Waals surface area contributed by atoms with Gasteiger partial charge in [-0.15, -0.1) is 0 Å². The zero-order chi connectivity index (χ0) is 24.6. The highest BCUT2D eigenvalue weighted by Crippen LogP contribution is 2.52. The highest BCUT2D eigenvalue weighted by molar-refractivity contribution is 9.13. The fourth-order valence-corrected chi connectivity index (χ4v) is 5.98. The lowest BCUT2D eigenvalue weighted by molar-refractivity contribution is 0.0773. The van der Waals surface area contributed by atoms with Crippen LogP contribution in [-0.2, 0) is 36.3 Å². The Hall–Kier alpha value is 4.06. The number of hydrogen-bond acceptors (Lipinski definition) is 8. The van der Waals surface area contributed by atoms with Gasteiger partial charge in [-0.25, -0.2) is 9.13 Å². The van der Waals surface area contributed by atoms with E-state index in [9.17, 15) is 9.13 Å². The van der Waals surface area contributed by atoms with Crippen molar-refractivity contribution in [1.82, 2.24) is 0 Å². The average Bonchev–Trinajstić information content (AvgIpc) is 2.80. The van der Waals surface area contributed by atoms with Crippen molar-refractivity contribution in [2.24, 2.45) is 0 Å². The van der Waals surface area contributed by atoms with Crippen LogP contribution in [0.5, 0.6) is 0 Å². The molecule has 0 saturated carbocycles. The van der Waals surface area contributed by atoms with Crippen molar-refractivity contribution in [2.75, 3.05) is 61.0 Å². The standard InChI is InChI=1S/C14H24Br8O8P2/c15-3-11(19)7-27-31(23,28-8-12(20)4-16)25-1-2-26-32(24,29-9-13(21)5-17)30-10-14(22)6-18/h11-14H,1-10H2. The molecular weight excluding hydrogens is 997 g/mol. The van der Waals surface area contributed by atoms with E-state index in [4.69, 9.17) is 27.1 Å². The van der Waals surface area contributed by atoms with E-state index in [1.807, 2.05) is 0 Å². The molecule has 0 spiro atoms. The maximum absolute atomic E-state index is 12.9. The molecule has 0 radical (unpaired) electrons. The fourth-order valence-electron chi connectivity index (χ4n) is 1.39. The first-order valence-corrected chi connectivity index (χ1v) is 20.0. The van der Waals surface area contributed by atoms with E-state index < -0.39 is 15.6 Å². The Balaban J connectivity index is 4.90. The second kappa shape index (κ2) is 21.0. The number of rotatable bonds is 21. The maximum atomic E-state index is 12.9. The minimum atomic E-state index is -3.89. The van der Waals surface area contributed by atoms with Gasteiger partial charge in [-0.3, -0.25) is 27.1 Å². The number of phosphoric acid groups is 2. The molecule has 0 N–H and O–H groups in total. The van der Waals surface area contributed by atoms with Crippen molar-refractivity contribution in [1.29, 1.82) is 0 Å². The van der Waals surface area contributed by atoms with Gasteiger partial charge in [0.05, 0.1) is 39.6 Å². The Morgan fingerprint density at radius 2 is 0.688 bits per heavy atom. The van der Waals surface area contributed by atoms with Crippen molar-refractivity contribution in [3.63, 3.8) is 0 Å². The van der Waals surface area contributed by atoms with Crippen LogP contribution >= 0.6 is 143 Å². The minimum absolute atomic E-state index is 0.0875. The summed E-state index contributed by atoms with van der Waals surface area (Å²) in [5, 5.41) is 2.34. The molecule has 4 atom stereocenters. The number of alkyl halides is 8. The second-order valence-corrected chi connectivity index (χ2v) is 16.9. The molecule has 0 saturated heterocycles. The molecule has 0 aliphatic carbocycles. The third kappa shape index (κ3) is 18.3. The molecule has 4 unspecified atom stereocenters. The van der Waals surface area contributed by atoms with Crippen LogP contribution in [0.4, 0.5) is 0 Å². The van der Waals surface area contributed by atoms with E-state index in [1.54, 1.807) is 0 Å². The van der Waals surface area contributed by atoms with Gasteiger partial charge in [-0.05, 0) is 0 Å². The third-order valence-electron chi connectivity index (χ3n) is 2.91. The molecule has 18 heteroatoms. The Morgan fingerprint density at radius 1 is 0.469 bits per heavy atom. The van der Waals surface area contributed by atoms with Crippen LogP contribution in [0.3, 0.4) is 0 Å². The lowest BCUT2D eigenvalue weighted by Crippen LogP contribution is -2.17. The van der Waals surface area contributed by atoms with Gasteiger partial charge in [-0.2, -0.15) is 0 Å². The lowest BCUT2D eigenvalue weighted by Gasteiger charge is -2.22. The highest BCUT2D eigenvalue weighted by atomic mass is 79.9. The molecule has 0 aliphatic rings. The molecule has 0 rings (SSSR count). The first-order chi connectivity index (χ1) is 15.0. The fraction of sp³-hybridized carbons (Fsp3) is 1.00. The second-order valence-electron chi connectivity index (χ2n) is 5.75. The first kappa shape index (κ1) is 36.1. The summed E-state index contributed by atoms with van der Waals surface area (Å²) in [4.78, 5) is -0.350. The molecule has 0 aromatic rings. The number of phosphoric ester groups is 2. The quantitative estimate of drug-likeness (QED) is 0.0652. The van der Waals surface area contributed by atoms with Gasteiger partial charge in [-0.1, -0.05) is 127 Å². The topological polar surface area (TPSA) is 89.5 Å². The smallest absolute Gasteiger partial charge is 0.286 e. The van der Waals surface area contributed by atoms with Gasteiger partial charge in [0.15, 0.2) is 0 Å². The molecule has 0 aromatic heterocycles. The van der Waals surface area contributed by atoms with E-state index >= 15 is 0 Å². The van der Waals surface area contributed by atoms with Crippen LogP contribution in [0.1, 0.15) is 0 Å². The molecule has 8 nitrogen and oxygen atoms in total. The van der Waals surface area contributed by atoms with Crippen LogP contribution < -0.4 is 0 Å². The summed E-state index contributed by atoms with van der Waals surface area (Å²) >= 11 is 26.7. The van der Waals surface area contributed by atoms with Crippen molar-refractivity contribution >= 4 is 143 Å². The zero-order valence-corrected chi connectivity index (χ0v) is 31.0. The van der Waals surface area contributed by atoms with Crippen molar-refractivity contribution in [3.8, 4) is 0 Å². The summed E-state index contributed by atoms with van der Waals surface area (Å²) in [6, 6.07) is 0. The molecule has 0 fully saturated rings. The first-order valence-electron chi connectivity index (χ1n) is 8.90. The molecule has 194 valence electrons. The SMILES string of the molecule is O=P(OCCOP(=O)(OCC(Br)CBr)OCC(Br)CBr)(OCC(Br)CBr)OCC(Br)CBr. The van der Waals surface area contributed by atoms with Gasteiger partial charge >= 0.3 is 15.6 Å². The van der Waals surface area contributed by atoms with E-state index in [-0.39, 0.29) is 58.9 Å². The Bertz CT molecular complexity index is 497. The average molecular weight is 1020 g/mol. The summed E-state index contributed by atoms with van der Waals surface area (Å²) in [5.41, 5.74) is 0. The third-order valence-corrected chi connectivity index (χ3v) is 14.7. The van der Waals surface area contributed by atoms with E-state index in [0.29, 0.717) is 21.3 Å². The monoisotopic (exact) mass is 1010 g/mol. The predicted octanol–water partition coefficient (Wildman–Crippen LogP) is 7.94. The van der Waals surface area contributed by atoms with Crippen molar-refractivity contribution < 1.29 is 36.3 Å². The summed E-state index contributed by atoms with van der Waals surface area (Å²) < 4.78 is 58.1. The normalized spacial score (nSPS) is 19.6. The summed E-state index contributed by atoms with van der Waals surface area (Å²) in [6.07, 6.45) is 0.